The van der Waals surface area contributed by atoms with Crippen molar-refractivity contribution in [3.63, 3.8) is 0 Å². The minimum Gasteiger partial charge on any atom is -0.465 e. The van der Waals surface area contributed by atoms with Crippen LogP contribution in [0.3, 0.4) is 0 Å². The zero-order chi connectivity index (χ0) is 11.5. The number of benzene rings is 2. The maximum atomic E-state index is 10.5. The highest BCUT2D eigenvalue weighted by atomic mass is 35.5. The van der Waals surface area contributed by atoms with Crippen LogP contribution in [0.4, 0.5) is 4.79 Å². The maximum Gasteiger partial charge on any atom is 0.410 e. The van der Waals surface area contributed by atoms with E-state index >= 15 is 0 Å². The first-order chi connectivity index (χ1) is 7.68. The molecule has 0 radical (unpaired) electrons. The first-order valence-electron chi connectivity index (χ1n) is 4.75. The topological polar surface area (TPSA) is 73.2 Å². The second-order valence-corrected chi connectivity index (χ2v) is 3.33. The van der Waals surface area contributed by atoms with Crippen LogP contribution in [0.15, 0.2) is 42.5 Å². The summed E-state index contributed by atoms with van der Waals surface area (Å²) in [6.07, 6.45) is -1.22. The number of halogens is 1. The molecule has 88 valence electrons. The fraction of sp³-hybridized carbons (Fsp3) is 0. The van der Waals surface area contributed by atoms with Gasteiger partial charge in [0.25, 0.3) is 0 Å². The molecule has 0 aromatic heterocycles. The van der Waals surface area contributed by atoms with Crippen LogP contribution in [-0.4, -0.2) is 17.0 Å². The van der Waals surface area contributed by atoms with Gasteiger partial charge in [-0.15, -0.1) is 12.4 Å². The average molecular weight is 251 g/mol. The Hall–Kier alpha value is -2.07. The van der Waals surface area contributed by atoms with Gasteiger partial charge in [-0.1, -0.05) is 42.5 Å². The van der Waals surface area contributed by atoms with Crippen molar-refractivity contribution in [2.45, 2.75) is 0 Å². The van der Waals surface area contributed by atoms with Crippen molar-refractivity contribution in [1.29, 1.82) is 5.41 Å². The number of fused-ring (bicyclic) bond motifs is 1. The van der Waals surface area contributed by atoms with Crippen LogP contribution in [0, 0.1) is 5.41 Å². The van der Waals surface area contributed by atoms with Gasteiger partial charge in [-0.25, -0.2) is 4.79 Å². The van der Waals surface area contributed by atoms with Gasteiger partial charge in [0.1, 0.15) is 5.84 Å². The highest BCUT2D eigenvalue weighted by molar-refractivity contribution is 6.12. The van der Waals surface area contributed by atoms with Crippen molar-refractivity contribution in [2.24, 2.45) is 0 Å². The van der Waals surface area contributed by atoms with Gasteiger partial charge in [0.2, 0.25) is 0 Å². The molecule has 1 amide bonds. The van der Waals surface area contributed by atoms with Crippen molar-refractivity contribution >= 4 is 35.1 Å². The molecule has 0 aliphatic rings. The van der Waals surface area contributed by atoms with Crippen LogP contribution in [0.5, 0.6) is 0 Å². The van der Waals surface area contributed by atoms with Crippen molar-refractivity contribution in [1.82, 2.24) is 5.32 Å². The summed E-state index contributed by atoms with van der Waals surface area (Å²) < 4.78 is 0. The second kappa shape index (κ2) is 5.32. The zero-order valence-corrected chi connectivity index (χ0v) is 9.62. The predicted octanol–water partition coefficient (Wildman–Crippen LogP) is 2.85. The SMILES string of the molecule is Cl.N=C(NC(=O)O)c1cccc2ccccc12. The summed E-state index contributed by atoms with van der Waals surface area (Å²) in [5.41, 5.74) is 0.584. The van der Waals surface area contributed by atoms with Crippen LogP contribution in [0.1, 0.15) is 5.56 Å². The molecule has 0 heterocycles. The highest BCUT2D eigenvalue weighted by Gasteiger charge is 2.07. The van der Waals surface area contributed by atoms with Crippen LogP contribution in [0.25, 0.3) is 10.8 Å². The molecule has 0 saturated carbocycles. The van der Waals surface area contributed by atoms with E-state index in [9.17, 15) is 4.79 Å². The summed E-state index contributed by atoms with van der Waals surface area (Å²) in [7, 11) is 0. The number of carboxylic acid groups (broad SMARTS) is 1. The lowest BCUT2D eigenvalue weighted by Gasteiger charge is -2.07. The fourth-order valence-electron chi connectivity index (χ4n) is 1.62. The molecule has 5 heteroatoms. The van der Waals surface area contributed by atoms with Gasteiger partial charge in [-0.3, -0.25) is 10.7 Å². The third kappa shape index (κ3) is 2.73. The number of nitrogens with one attached hydrogen (secondary N) is 2. The lowest BCUT2D eigenvalue weighted by Crippen LogP contribution is -2.28. The summed E-state index contributed by atoms with van der Waals surface area (Å²) in [5.74, 6) is -0.107. The number of carbonyl (C=O) groups is 1. The monoisotopic (exact) mass is 250 g/mol. The fourth-order valence-corrected chi connectivity index (χ4v) is 1.62. The van der Waals surface area contributed by atoms with Gasteiger partial charge < -0.3 is 5.11 Å². The minimum absolute atomic E-state index is 0. The Labute approximate surface area is 104 Å². The Balaban J connectivity index is 0.00000144. The summed E-state index contributed by atoms with van der Waals surface area (Å²) in [5, 5.41) is 20.1. The molecule has 0 unspecified atom stereocenters. The summed E-state index contributed by atoms with van der Waals surface area (Å²) in [4.78, 5) is 10.5. The van der Waals surface area contributed by atoms with E-state index < -0.39 is 6.09 Å². The normalized spacial score (nSPS) is 9.41. The van der Waals surface area contributed by atoms with Crippen molar-refractivity contribution in [3.8, 4) is 0 Å². The third-order valence-electron chi connectivity index (χ3n) is 2.29. The molecular formula is C12H11ClN2O2. The van der Waals surface area contributed by atoms with E-state index in [1.54, 1.807) is 12.1 Å². The van der Waals surface area contributed by atoms with Gasteiger partial charge in [-0.2, -0.15) is 0 Å². The van der Waals surface area contributed by atoms with Gasteiger partial charge in [0, 0.05) is 5.56 Å². The Morgan fingerprint density at radius 2 is 1.76 bits per heavy atom. The van der Waals surface area contributed by atoms with E-state index in [0.717, 1.165) is 10.8 Å². The van der Waals surface area contributed by atoms with Crippen molar-refractivity contribution in [3.05, 3.63) is 48.0 Å². The molecule has 2 rings (SSSR count). The first kappa shape index (κ1) is 13.0. The van der Waals surface area contributed by atoms with E-state index in [-0.39, 0.29) is 18.2 Å². The largest absolute Gasteiger partial charge is 0.465 e. The van der Waals surface area contributed by atoms with E-state index in [4.69, 9.17) is 10.5 Å². The van der Waals surface area contributed by atoms with Crippen LogP contribution >= 0.6 is 12.4 Å². The van der Waals surface area contributed by atoms with Crippen LogP contribution in [-0.2, 0) is 0 Å². The van der Waals surface area contributed by atoms with Gasteiger partial charge in [0.05, 0.1) is 0 Å². The number of hydrogen-bond acceptors (Lipinski definition) is 2. The highest BCUT2D eigenvalue weighted by Crippen LogP contribution is 2.18. The molecule has 0 spiro atoms. The third-order valence-corrected chi connectivity index (χ3v) is 2.29. The van der Waals surface area contributed by atoms with Gasteiger partial charge in [-0.05, 0) is 10.8 Å². The Morgan fingerprint density at radius 1 is 1.12 bits per heavy atom. The second-order valence-electron chi connectivity index (χ2n) is 3.33. The predicted molar refractivity (Wildman–Crippen MR) is 69.2 cm³/mol. The number of rotatable bonds is 1. The molecule has 0 aliphatic heterocycles. The number of hydrogen-bond donors (Lipinski definition) is 3. The summed E-state index contributed by atoms with van der Waals surface area (Å²) in [6.45, 7) is 0. The first-order valence-corrected chi connectivity index (χ1v) is 4.75. The zero-order valence-electron chi connectivity index (χ0n) is 8.81. The molecule has 0 aliphatic carbocycles. The van der Waals surface area contributed by atoms with E-state index in [0.29, 0.717) is 5.56 Å². The van der Waals surface area contributed by atoms with Gasteiger partial charge in [0.15, 0.2) is 0 Å². The molecule has 0 fully saturated rings. The Kier molecular flexibility index (Phi) is 4.06. The molecule has 0 saturated heterocycles. The van der Waals surface area contributed by atoms with E-state index in [1.807, 2.05) is 30.3 Å². The average Bonchev–Trinajstić information content (AvgIpc) is 2.27. The summed E-state index contributed by atoms with van der Waals surface area (Å²) in [6, 6.07) is 13.0. The van der Waals surface area contributed by atoms with Gasteiger partial charge >= 0.3 is 6.09 Å². The molecule has 0 bridgehead atoms. The molecule has 2 aromatic carbocycles. The van der Waals surface area contributed by atoms with E-state index in [1.165, 1.54) is 0 Å². The Morgan fingerprint density at radius 3 is 2.47 bits per heavy atom. The smallest absolute Gasteiger partial charge is 0.410 e. The van der Waals surface area contributed by atoms with Crippen LogP contribution < -0.4 is 5.32 Å². The molecule has 0 atom stereocenters. The van der Waals surface area contributed by atoms with E-state index in [2.05, 4.69) is 5.32 Å². The molecule has 2 aromatic rings. The molecule has 17 heavy (non-hydrogen) atoms. The quantitative estimate of drug-likeness (QED) is 0.538. The van der Waals surface area contributed by atoms with Crippen molar-refractivity contribution < 1.29 is 9.90 Å². The molecule has 3 N–H and O–H groups in total. The minimum atomic E-state index is -1.22. The number of amidine groups is 1. The molecule has 4 nitrogen and oxygen atoms in total. The maximum absolute atomic E-state index is 10.5. The standard InChI is InChI=1S/C12H10N2O2.ClH/c13-11(14-12(15)16)10-7-3-5-8-4-1-2-6-9(8)10;/h1-7H,(H2,13,14)(H,15,16);1H. The lowest BCUT2D eigenvalue weighted by atomic mass is 10.0. The molecular weight excluding hydrogens is 240 g/mol. The van der Waals surface area contributed by atoms with Crippen molar-refractivity contribution in [2.75, 3.05) is 0 Å². The number of amides is 1. The lowest BCUT2D eigenvalue weighted by molar-refractivity contribution is 0.200. The Bertz CT molecular complexity index is 564. The van der Waals surface area contributed by atoms with Crippen LogP contribution in [0.2, 0.25) is 0 Å². The summed E-state index contributed by atoms with van der Waals surface area (Å²) >= 11 is 0.